The predicted octanol–water partition coefficient (Wildman–Crippen LogP) is 1.33. The van der Waals surface area contributed by atoms with Crippen molar-refractivity contribution in [3.8, 4) is 0 Å². The zero-order valence-electron chi connectivity index (χ0n) is 8.12. The highest BCUT2D eigenvalue weighted by molar-refractivity contribution is 5.96. The first-order valence-corrected chi connectivity index (χ1v) is 4.67. The lowest BCUT2D eigenvalue weighted by molar-refractivity contribution is -0.570. The van der Waals surface area contributed by atoms with Crippen molar-refractivity contribution in [1.29, 1.82) is 0 Å². The fourth-order valence-corrected chi connectivity index (χ4v) is 1.79. The third kappa shape index (κ3) is 1.22. The second kappa shape index (κ2) is 2.87. The SMILES string of the molecule is CC(C)[N+]1=C(N)c2ccccc2C1. The van der Waals surface area contributed by atoms with Crippen LogP contribution in [0.25, 0.3) is 0 Å². The van der Waals surface area contributed by atoms with Crippen LogP contribution in [0.3, 0.4) is 0 Å². The summed E-state index contributed by atoms with van der Waals surface area (Å²) in [6.07, 6.45) is 0. The molecule has 0 amide bonds. The Kier molecular flexibility index (Phi) is 1.83. The van der Waals surface area contributed by atoms with E-state index in [1.165, 1.54) is 11.1 Å². The van der Waals surface area contributed by atoms with Crippen LogP contribution in [0, 0.1) is 0 Å². The van der Waals surface area contributed by atoms with Gasteiger partial charge in [0.2, 0.25) is 0 Å². The van der Waals surface area contributed by atoms with Gasteiger partial charge in [-0.1, -0.05) is 18.2 Å². The summed E-state index contributed by atoms with van der Waals surface area (Å²) in [4.78, 5) is 0. The number of nitrogens with two attached hydrogens (primary N) is 1. The topological polar surface area (TPSA) is 29.0 Å². The third-order valence-corrected chi connectivity index (χ3v) is 2.57. The Bertz CT molecular complexity index is 364. The van der Waals surface area contributed by atoms with Crippen molar-refractivity contribution in [2.75, 3.05) is 0 Å². The Hall–Kier alpha value is -1.31. The van der Waals surface area contributed by atoms with Gasteiger partial charge in [-0.25, -0.2) is 0 Å². The summed E-state index contributed by atoms with van der Waals surface area (Å²) < 4.78 is 2.23. The molecule has 0 aromatic heterocycles. The Morgan fingerprint density at radius 2 is 2.00 bits per heavy atom. The molecule has 1 aliphatic heterocycles. The van der Waals surface area contributed by atoms with Gasteiger partial charge in [0.05, 0.1) is 11.6 Å². The molecular weight excluding hydrogens is 160 g/mol. The molecule has 1 aliphatic rings. The molecule has 0 saturated heterocycles. The lowest BCUT2D eigenvalue weighted by atomic mass is 10.1. The molecule has 0 atom stereocenters. The third-order valence-electron chi connectivity index (χ3n) is 2.57. The molecule has 68 valence electrons. The Morgan fingerprint density at radius 1 is 1.31 bits per heavy atom. The number of benzene rings is 1. The molecule has 2 nitrogen and oxygen atoms in total. The van der Waals surface area contributed by atoms with Crippen LogP contribution in [-0.4, -0.2) is 16.5 Å². The fourth-order valence-electron chi connectivity index (χ4n) is 1.79. The van der Waals surface area contributed by atoms with E-state index in [0.29, 0.717) is 6.04 Å². The molecule has 2 heteroatoms. The molecule has 1 aromatic rings. The van der Waals surface area contributed by atoms with E-state index >= 15 is 0 Å². The number of hydrogen-bond acceptors (Lipinski definition) is 1. The molecule has 2 N–H and O–H groups in total. The van der Waals surface area contributed by atoms with E-state index in [-0.39, 0.29) is 0 Å². The minimum absolute atomic E-state index is 0.479. The van der Waals surface area contributed by atoms with Gasteiger partial charge in [-0.2, -0.15) is 0 Å². The van der Waals surface area contributed by atoms with Crippen LogP contribution in [0.1, 0.15) is 25.0 Å². The van der Waals surface area contributed by atoms with Gasteiger partial charge in [0, 0.05) is 5.56 Å². The summed E-state index contributed by atoms with van der Waals surface area (Å²) in [6.45, 7) is 5.29. The molecule has 1 aromatic carbocycles. The number of fused-ring (bicyclic) bond motifs is 1. The average Bonchev–Trinajstić information content (AvgIpc) is 2.45. The van der Waals surface area contributed by atoms with Crippen LogP contribution in [0.4, 0.5) is 0 Å². The van der Waals surface area contributed by atoms with Crippen LogP contribution in [-0.2, 0) is 6.54 Å². The first-order valence-electron chi connectivity index (χ1n) is 4.67. The van der Waals surface area contributed by atoms with Crippen LogP contribution in [0.2, 0.25) is 0 Å². The smallest absolute Gasteiger partial charge is 0.275 e. The summed E-state index contributed by atoms with van der Waals surface area (Å²) in [5.41, 5.74) is 8.58. The number of hydrogen-bond donors (Lipinski definition) is 1. The largest absolute Gasteiger partial charge is 0.287 e. The fraction of sp³-hybridized carbons (Fsp3) is 0.364. The maximum absolute atomic E-state index is 6.03. The standard InChI is InChI=1S/C11H14N2/c1-8(2)13-7-9-5-3-4-6-10(9)11(13)12/h3-6,8,12H,7H2,1-2H3/p+1. The van der Waals surface area contributed by atoms with Crippen molar-refractivity contribution in [3.63, 3.8) is 0 Å². The summed E-state index contributed by atoms with van der Waals surface area (Å²) in [5.74, 6) is 0.922. The van der Waals surface area contributed by atoms with E-state index in [1.54, 1.807) is 0 Å². The molecule has 13 heavy (non-hydrogen) atoms. The first kappa shape index (κ1) is 8.30. The Morgan fingerprint density at radius 3 is 2.62 bits per heavy atom. The molecule has 0 radical (unpaired) electrons. The van der Waals surface area contributed by atoms with E-state index in [9.17, 15) is 0 Å². The average molecular weight is 175 g/mol. The van der Waals surface area contributed by atoms with Crippen molar-refractivity contribution in [1.82, 2.24) is 0 Å². The molecular formula is C11H15N2+. The van der Waals surface area contributed by atoms with Gasteiger partial charge in [0.25, 0.3) is 5.84 Å². The second-order valence-corrected chi connectivity index (χ2v) is 3.76. The van der Waals surface area contributed by atoms with E-state index in [2.05, 4.69) is 36.6 Å². The van der Waals surface area contributed by atoms with E-state index < -0.39 is 0 Å². The van der Waals surface area contributed by atoms with Crippen LogP contribution in [0.15, 0.2) is 24.3 Å². The molecule has 2 rings (SSSR count). The lowest BCUT2D eigenvalue weighted by Crippen LogP contribution is -2.28. The minimum atomic E-state index is 0.479. The van der Waals surface area contributed by atoms with Gasteiger partial charge in [-0.15, -0.1) is 0 Å². The highest BCUT2D eigenvalue weighted by atomic mass is 15.1. The highest BCUT2D eigenvalue weighted by Gasteiger charge is 2.25. The van der Waals surface area contributed by atoms with Crippen molar-refractivity contribution >= 4 is 5.84 Å². The van der Waals surface area contributed by atoms with Crippen LogP contribution < -0.4 is 5.73 Å². The van der Waals surface area contributed by atoms with Gasteiger partial charge in [-0.05, 0) is 19.9 Å². The van der Waals surface area contributed by atoms with Crippen LogP contribution >= 0.6 is 0 Å². The normalized spacial score (nSPS) is 15.3. The number of amidine groups is 1. The number of rotatable bonds is 1. The van der Waals surface area contributed by atoms with Crippen molar-refractivity contribution in [3.05, 3.63) is 35.4 Å². The monoisotopic (exact) mass is 175 g/mol. The summed E-state index contributed by atoms with van der Waals surface area (Å²) in [7, 11) is 0. The zero-order chi connectivity index (χ0) is 9.42. The Balaban J connectivity index is 2.47. The van der Waals surface area contributed by atoms with Gasteiger partial charge >= 0.3 is 0 Å². The molecule has 0 fully saturated rings. The first-order chi connectivity index (χ1) is 6.20. The van der Waals surface area contributed by atoms with E-state index in [4.69, 9.17) is 5.73 Å². The maximum atomic E-state index is 6.03. The second-order valence-electron chi connectivity index (χ2n) is 3.76. The molecule has 0 bridgehead atoms. The molecule has 0 spiro atoms. The van der Waals surface area contributed by atoms with Crippen molar-refractivity contribution in [2.24, 2.45) is 5.73 Å². The van der Waals surface area contributed by atoms with Crippen molar-refractivity contribution in [2.45, 2.75) is 26.4 Å². The number of nitrogens with zero attached hydrogens (tertiary/aromatic N) is 1. The van der Waals surface area contributed by atoms with Gasteiger partial charge in [0.1, 0.15) is 6.54 Å². The molecule has 0 unspecified atom stereocenters. The predicted molar refractivity (Wildman–Crippen MR) is 53.8 cm³/mol. The summed E-state index contributed by atoms with van der Waals surface area (Å²) in [5, 5.41) is 0. The van der Waals surface area contributed by atoms with Crippen LogP contribution in [0.5, 0.6) is 0 Å². The molecule has 0 saturated carbocycles. The van der Waals surface area contributed by atoms with Gasteiger partial charge in [-0.3, -0.25) is 10.3 Å². The quantitative estimate of drug-likeness (QED) is 0.641. The van der Waals surface area contributed by atoms with E-state index in [0.717, 1.165) is 12.4 Å². The zero-order valence-corrected chi connectivity index (χ0v) is 8.12. The minimum Gasteiger partial charge on any atom is -0.287 e. The lowest BCUT2D eigenvalue weighted by Gasteiger charge is -2.05. The summed E-state index contributed by atoms with van der Waals surface area (Å²) >= 11 is 0. The molecule has 1 heterocycles. The van der Waals surface area contributed by atoms with E-state index in [1.807, 2.05) is 6.07 Å². The Labute approximate surface area is 78.7 Å². The highest BCUT2D eigenvalue weighted by Crippen LogP contribution is 2.17. The van der Waals surface area contributed by atoms with Gasteiger partial charge < -0.3 is 0 Å². The molecule has 0 aliphatic carbocycles. The summed E-state index contributed by atoms with van der Waals surface area (Å²) in [6, 6.07) is 8.82. The van der Waals surface area contributed by atoms with Gasteiger partial charge in [0.15, 0.2) is 0 Å². The maximum Gasteiger partial charge on any atom is 0.275 e. The van der Waals surface area contributed by atoms with Crippen molar-refractivity contribution < 1.29 is 4.58 Å².